The third-order valence-electron chi connectivity index (χ3n) is 0.934. The Morgan fingerprint density at radius 1 is 1.33 bits per heavy atom. The Balaban J connectivity index is 2.94. The summed E-state index contributed by atoms with van der Waals surface area (Å²) in [5.41, 5.74) is 0. The van der Waals surface area contributed by atoms with Crippen molar-refractivity contribution >= 4 is 36.1 Å². The number of hydrogen-bond acceptors (Lipinski definition) is 0. The van der Waals surface area contributed by atoms with E-state index < -0.39 is 0 Å². The van der Waals surface area contributed by atoms with Gasteiger partial charge in [-0.1, -0.05) is 35.0 Å². The Hall–Kier alpha value is 0.230. The molecule has 0 saturated heterocycles. The minimum atomic E-state index is 0.314. The van der Waals surface area contributed by atoms with Gasteiger partial charge in [-0.2, -0.15) is 0 Å². The quantitative estimate of drug-likeness (QED) is 0.581. The summed E-state index contributed by atoms with van der Waals surface area (Å²) in [6.45, 7) is 0. The van der Waals surface area contributed by atoms with E-state index in [1.54, 1.807) is 0 Å². The standard InChI is InChI=1S/C6H5Cl2P/c7-5-2-1-3-6(4-5)9-8/h1-4,9H. The molecule has 3 heteroatoms. The number of benzene rings is 1. The van der Waals surface area contributed by atoms with Gasteiger partial charge in [-0.25, -0.2) is 0 Å². The molecule has 48 valence electrons. The summed E-state index contributed by atoms with van der Waals surface area (Å²) >= 11 is 11.2. The van der Waals surface area contributed by atoms with Gasteiger partial charge in [-0.15, -0.1) is 0 Å². The molecule has 0 amide bonds. The normalized spacial score (nSPS) is 10.9. The van der Waals surface area contributed by atoms with Gasteiger partial charge >= 0.3 is 0 Å². The Morgan fingerprint density at radius 3 is 2.56 bits per heavy atom. The van der Waals surface area contributed by atoms with Crippen LogP contribution in [-0.4, -0.2) is 0 Å². The first kappa shape index (κ1) is 7.34. The molecule has 0 spiro atoms. The summed E-state index contributed by atoms with van der Waals surface area (Å²) in [5, 5.41) is 1.84. The van der Waals surface area contributed by atoms with Crippen LogP contribution in [0.25, 0.3) is 0 Å². The van der Waals surface area contributed by atoms with E-state index in [-0.39, 0.29) is 0 Å². The fourth-order valence-corrected chi connectivity index (χ4v) is 1.55. The lowest BCUT2D eigenvalue weighted by Gasteiger charge is -1.92. The van der Waals surface area contributed by atoms with Gasteiger partial charge in [-0.3, -0.25) is 0 Å². The molecule has 1 atom stereocenters. The van der Waals surface area contributed by atoms with Gasteiger partial charge in [0.1, 0.15) is 0 Å². The highest BCUT2D eigenvalue weighted by atomic mass is 35.7. The van der Waals surface area contributed by atoms with E-state index in [0.717, 1.165) is 10.3 Å². The second kappa shape index (κ2) is 3.41. The van der Waals surface area contributed by atoms with Crippen LogP contribution in [0.2, 0.25) is 5.02 Å². The van der Waals surface area contributed by atoms with Crippen molar-refractivity contribution in [2.75, 3.05) is 0 Å². The lowest BCUT2D eigenvalue weighted by Crippen LogP contribution is -1.87. The van der Waals surface area contributed by atoms with Crippen LogP contribution in [0.3, 0.4) is 0 Å². The first-order valence-corrected chi connectivity index (χ1v) is 4.84. The predicted molar refractivity (Wildman–Crippen MR) is 45.3 cm³/mol. The van der Waals surface area contributed by atoms with Gasteiger partial charge in [0.25, 0.3) is 0 Å². The third-order valence-corrected chi connectivity index (χ3v) is 2.35. The van der Waals surface area contributed by atoms with Gasteiger partial charge in [0.05, 0.1) is 0 Å². The molecule has 0 fully saturated rings. The number of hydrogen-bond donors (Lipinski definition) is 0. The van der Waals surface area contributed by atoms with Gasteiger partial charge in [0.15, 0.2) is 0 Å². The zero-order chi connectivity index (χ0) is 6.69. The molecule has 1 aromatic rings. The van der Waals surface area contributed by atoms with Crippen LogP contribution in [0.5, 0.6) is 0 Å². The molecule has 0 saturated carbocycles. The topological polar surface area (TPSA) is 0 Å². The van der Waals surface area contributed by atoms with Crippen molar-refractivity contribution in [3.63, 3.8) is 0 Å². The van der Waals surface area contributed by atoms with Gasteiger partial charge in [0, 0.05) is 13.0 Å². The Morgan fingerprint density at radius 2 is 2.11 bits per heavy atom. The molecule has 0 aliphatic carbocycles. The summed E-state index contributed by atoms with van der Waals surface area (Å²) in [5.74, 6) is 0. The highest BCUT2D eigenvalue weighted by molar-refractivity contribution is 7.74. The fourth-order valence-electron chi connectivity index (χ4n) is 0.547. The summed E-state index contributed by atoms with van der Waals surface area (Å²) < 4.78 is 0. The van der Waals surface area contributed by atoms with Gasteiger partial charge < -0.3 is 0 Å². The lowest BCUT2D eigenvalue weighted by atomic mass is 10.4. The van der Waals surface area contributed by atoms with Gasteiger partial charge in [0.2, 0.25) is 0 Å². The first-order valence-electron chi connectivity index (χ1n) is 2.45. The van der Waals surface area contributed by atoms with E-state index in [1.165, 1.54) is 0 Å². The molecule has 0 aliphatic rings. The van der Waals surface area contributed by atoms with Crippen molar-refractivity contribution in [1.29, 1.82) is 0 Å². The maximum Gasteiger partial charge on any atom is 0.0412 e. The third kappa shape index (κ3) is 2.14. The molecular weight excluding hydrogens is 174 g/mol. The van der Waals surface area contributed by atoms with E-state index in [0.29, 0.717) is 7.93 Å². The minimum absolute atomic E-state index is 0.314. The average Bonchev–Trinajstić information content (AvgIpc) is 1.88. The van der Waals surface area contributed by atoms with Crippen molar-refractivity contribution in [1.82, 2.24) is 0 Å². The Labute approximate surface area is 65.7 Å². The monoisotopic (exact) mass is 178 g/mol. The van der Waals surface area contributed by atoms with Crippen LogP contribution in [0, 0.1) is 0 Å². The molecule has 0 N–H and O–H groups in total. The van der Waals surface area contributed by atoms with E-state index >= 15 is 0 Å². The summed E-state index contributed by atoms with van der Waals surface area (Å²) in [6, 6.07) is 7.56. The number of rotatable bonds is 1. The molecular formula is C6H5Cl2P. The largest absolute Gasteiger partial charge is 0.0948 e. The van der Waals surface area contributed by atoms with Crippen molar-refractivity contribution in [3.8, 4) is 0 Å². The molecule has 0 bridgehead atoms. The van der Waals surface area contributed by atoms with Crippen molar-refractivity contribution in [2.45, 2.75) is 0 Å². The molecule has 0 nitrogen and oxygen atoms in total. The van der Waals surface area contributed by atoms with Gasteiger partial charge in [-0.05, 0) is 17.4 Å². The van der Waals surface area contributed by atoms with Crippen molar-refractivity contribution in [2.24, 2.45) is 0 Å². The molecule has 1 rings (SSSR count). The van der Waals surface area contributed by atoms with Crippen LogP contribution >= 0.6 is 30.8 Å². The highest BCUT2D eigenvalue weighted by Gasteiger charge is 1.88. The molecule has 1 unspecified atom stereocenters. The molecule has 0 heterocycles. The maximum atomic E-state index is 5.67. The predicted octanol–water partition coefficient (Wildman–Crippen LogP) is 2.80. The van der Waals surface area contributed by atoms with Crippen molar-refractivity contribution < 1.29 is 0 Å². The van der Waals surface area contributed by atoms with E-state index in [4.69, 9.17) is 22.8 Å². The summed E-state index contributed by atoms with van der Waals surface area (Å²) in [6.07, 6.45) is 0. The molecule has 1 aromatic carbocycles. The van der Waals surface area contributed by atoms with Crippen LogP contribution in [0.4, 0.5) is 0 Å². The van der Waals surface area contributed by atoms with Crippen molar-refractivity contribution in [3.05, 3.63) is 29.3 Å². The second-order valence-electron chi connectivity index (χ2n) is 1.60. The smallest absolute Gasteiger partial charge is 0.0412 e. The van der Waals surface area contributed by atoms with Crippen LogP contribution in [0.1, 0.15) is 0 Å². The highest BCUT2D eigenvalue weighted by Crippen LogP contribution is 2.17. The Bertz CT molecular complexity index is 200. The van der Waals surface area contributed by atoms with E-state index in [2.05, 4.69) is 0 Å². The van der Waals surface area contributed by atoms with E-state index in [9.17, 15) is 0 Å². The van der Waals surface area contributed by atoms with Crippen LogP contribution in [-0.2, 0) is 0 Å². The second-order valence-corrected chi connectivity index (χ2v) is 3.37. The van der Waals surface area contributed by atoms with E-state index in [1.807, 2.05) is 24.3 Å². The molecule has 0 aliphatic heterocycles. The molecule has 9 heavy (non-hydrogen) atoms. The zero-order valence-corrected chi connectivity index (χ0v) is 7.08. The molecule has 0 radical (unpaired) electrons. The SMILES string of the molecule is ClPc1cccc(Cl)c1. The first-order chi connectivity index (χ1) is 4.33. The fraction of sp³-hybridized carbons (Fsp3) is 0. The summed E-state index contributed by atoms with van der Waals surface area (Å²) in [4.78, 5) is 0. The maximum absolute atomic E-state index is 5.67. The lowest BCUT2D eigenvalue weighted by molar-refractivity contribution is 1.77. The van der Waals surface area contributed by atoms with Crippen LogP contribution < -0.4 is 5.30 Å². The van der Waals surface area contributed by atoms with Crippen LogP contribution in [0.15, 0.2) is 24.3 Å². The average molecular weight is 179 g/mol. The summed E-state index contributed by atoms with van der Waals surface area (Å²) in [7, 11) is 0.314. The zero-order valence-electron chi connectivity index (χ0n) is 4.57. The minimum Gasteiger partial charge on any atom is -0.0948 e. The number of halogens is 2. The molecule has 0 aromatic heterocycles. The Kier molecular flexibility index (Phi) is 2.78.